The molecule has 1 fully saturated rings. The van der Waals surface area contributed by atoms with Gasteiger partial charge in [-0.25, -0.2) is 4.79 Å². The van der Waals surface area contributed by atoms with Crippen molar-refractivity contribution in [3.8, 4) is 11.1 Å². The Kier molecular flexibility index (Phi) is 6.56. The van der Waals surface area contributed by atoms with Gasteiger partial charge in [-0.3, -0.25) is 4.79 Å². The highest BCUT2D eigenvalue weighted by Crippen LogP contribution is 2.44. The number of amides is 1. The number of carboxylic acid groups (broad SMARTS) is 1. The highest BCUT2D eigenvalue weighted by atomic mass is 16.5. The third kappa shape index (κ3) is 5.07. The minimum absolute atomic E-state index is 0.00338. The Labute approximate surface area is 182 Å². The second-order valence-electron chi connectivity index (χ2n) is 8.48. The number of alkyl carbamates (subject to hydrolysis) is 1. The summed E-state index contributed by atoms with van der Waals surface area (Å²) in [4.78, 5) is 23.6. The molecule has 31 heavy (non-hydrogen) atoms. The number of aliphatic carboxylic acids is 1. The molecule has 0 saturated carbocycles. The van der Waals surface area contributed by atoms with Crippen LogP contribution in [0.2, 0.25) is 0 Å². The summed E-state index contributed by atoms with van der Waals surface area (Å²) in [7, 11) is 0. The monoisotopic (exact) mass is 423 g/mol. The zero-order chi connectivity index (χ0) is 21.8. The lowest BCUT2D eigenvalue weighted by atomic mass is 9.98. The molecule has 4 rings (SSSR count). The maximum atomic E-state index is 12.6. The molecule has 6 heteroatoms. The van der Waals surface area contributed by atoms with Crippen LogP contribution in [0.3, 0.4) is 0 Å². The first kappa shape index (κ1) is 21.4. The first-order valence-electron chi connectivity index (χ1n) is 11.0. The minimum atomic E-state index is -0.875. The number of hydrogen-bond donors (Lipinski definition) is 2. The molecule has 2 N–H and O–H groups in total. The van der Waals surface area contributed by atoms with Gasteiger partial charge in [0.1, 0.15) is 6.61 Å². The SMILES string of the molecule is CC1CCC(CC(CCC(=O)O)NC(=O)OCC2c3ccccc3-c3ccccc32)O1. The number of carbonyl (C=O) groups is 2. The lowest BCUT2D eigenvalue weighted by molar-refractivity contribution is -0.137. The second kappa shape index (κ2) is 9.52. The van der Waals surface area contributed by atoms with Crippen LogP contribution in [-0.4, -0.2) is 42.0 Å². The molecule has 6 nitrogen and oxygen atoms in total. The van der Waals surface area contributed by atoms with Crippen LogP contribution < -0.4 is 5.32 Å². The first-order chi connectivity index (χ1) is 15.0. The van der Waals surface area contributed by atoms with E-state index in [1.165, 1.54) is 11.1 Å². The van der Waals surface area contributed by atoms with Gasteiger partial charge in [0.15, 0.2) is 0 Å². The Hall–Kier alpha value is -2.86. The number of benzene rings is 2. The molecule has 0 aromatic heterocycles. The van der Waals surface area contributed by atoms with E-state index in [1.54, 1.807) is 0 Å². The number of carbonyl (C=O) groups excluding carboxylic acids is 1. The van der Waals surface area contributed by atoms with Gasteiger partial charge in [0.05, 0.1) is 12.2 Å². The minimum Gasteiger partial charge on any atom is -0.481 e. The fourth-order valence-electron chi connectivity index (χ4n) is 4.73. The van der Waals surface area contributed by atoms with E-state index in [1.807, 2.05) is 31.2 Å². The van der Waals surface area contributed by atoms with E-state index < -0.39 is 12.1 Å². The topological polar surface area (TPSA) is 84.9 Å². The van der Waals surface area contributed by atoms with Gasteiger partial charge >= 0.3 is 12.1 Å². The summed E-state index contributed by atoms with van der Waals surface area (Å²) in [5, 5.41) is 11.9. The molecule has 0 radical (unpaired) electrons. The molecule has 1 saturated heterocycles. The number of carboxylic acids is 1. The zero-order valence-corrected chi connectivity index (χ0v) is 17.8. The van der Waals surface area contributed by atoms with Crippen molar-refractivity contribution in [1.29, 1.82) is 0 Å². The third-order valence-corrected chi connectivity index (χ3v) is 6.24. The van der Waals surface area contributed by atoms with Gasteiger partial charge in [-0.1, -0.05) is 48.5 Å². The van der Waals surface area contributed by atoms with Crippen molar-refractivity contribution in [2.75, 3.05) is 6.61 Å². The molecule has 2 aliphatic rings. The van der Waals surface area contributed by atoms with Crippen molar-refractivity contribution in [3.63, 3.8) is 0 Å². The molecule has 0 spiro atoms. The Morgan fingerprint density at radius 1 is 1.10 bits per heavy atom. The van der Waals surface area contributed by atoms with Crippen LogP contribution in [0.15, 0.2) is 48.5 Å². The van der Waals surface area contributed by atoms with Gasteiger partial charge in [-0.2, -0.15) is 0 Å². The predicted octanol–water partition coefficient (Wildman–Crippen LogP) is 4.72. The van der Waals surface area contributed by atoms with Gasteiger partial charge in [0.2, 0.25) is 0 Å². The van der Waals surface area contributed by atoms with Crippen molar-refractivity contribution in [2.45, 2.75) is 63.2 Å². The molecule has 3 atom stereocenters. The molecule has 2 aromatic carbocycles. The van der Waals surface area contributed by atoms with E-state index in [2.05, 4.69) is 29.6 Å². The van der Waals surface area contributed by atoms with E-state index >= 15 is 0 Å². The maximum absolute atomic E-state index is 12.6. The van der Waals surface area contributed by atoms with E-state index in [9.17, 15) is 9.59 Å². The Morgan fingerprint density at radius 3 is 2.32 bits per heavy atom. The van der Waals surface area contributed by atoms with Crippen molar-refractivity contribution >= 4 is 12.1 Å². The smallest absolute Gasteiger partial charge is 0.407 e. The second-order valence-corrected chi connectivity index (χ2v) is 8.48. The summed E-state index contributed by atoms with van der Waals surface area (Å²) in [5.74, 6) is -0.880. The van der Waals surface area contributed by atoms with Crippen LogP contribution in [0.1, 0.15) is 56.1 Å². The summed E-state index contributed by atoms with van der Waals surface area (Å²) in [6, 6.07) is 16.1. The molecule has 3 unspecified atom stereocenters. The zero-order valence-electron chi connectivity index (χ0n) is 17.8. The van der Waals surface area contributed by atoms with E-state index in [-0.39, 0.29) is 37.2 Å². The van der Waals surface area contributed by atoms with Crippen LogP contribution in [0, 0.1) is 0 Å². The van der Waals surface area contributed by atoms with Gasteiger partial charge in [0.25, 0.3) is 0 Å². The summed E-state index contributed by atoms with van der Waals surface area (Å²) in [5.41, 5.74) is 4.68. The number of hydrogen-bond acceptors (Lipinski definition) is 4. The molecule has 1 aliphatic heterocycles. The predicted molar refractivity (Wildman–Crippen MR) is 117 cm³/mol. The molecule has 1 heterocycles. The van der Waals surface area contributed by atoms with E-state index in [0.717, 1.165) is 24.0 Å². The summed E-state index contributed by atoms with van der Waals surface area (Å²) >= 11 is 0. The first-order valence-corrected chi connectivity index (χ1v) is 11.0. The fourth-order valence-corrected chi connectivity index (χ4v) is 4.73. The van der Waals surface area contributed by atoms with Crippen molar-refractivity contribution in [1.82, 2.24) is 5.32 Å². The van der Waals surface area contributed by atoms with Gasteiger partial charge in [0, 0.05) is 18.4 Å². The average Bonchev–Trinajstić information content (AvgIpc) is 3.31. The van der Waals surface area contributed by atoms with E-state index in [0.29, 0.717) is 12.8 Å². The third-order valence-electron chi connectivity index (χ3n) is 6.24. The number of rotatable bonds is 8. The molecule has 1 aliphatic carbocycles. The largest absolute Gasteiger partial charge is 0.481 e. The maximum Gasteiger partial charge on any atom is 0.407 e. The summed E-state index contributed by atoms with van der Waals surface area (Å²) in [6.07, 6.45) is 2.61. The van der Waals surface area contributed by atoms with E-state index in [4.69, 9.17) is 14.6 Å². The van der Waals surface area contributed by atoms with Crippen LogP contribution in [0.5, 0.6) is 0 Å². The molecular formula is C25H29NO5. The quantitative estimate of drug-likeness (QED) is 0.642. The molecule has 2 aromatic rings. The van der Waals surface area contributed by atoms with Crippen molar-refractivity contribution in [3.05, 3.63) is 59.7 Å². The number of nitrogens with one attached hydrogen (secondary N) is 1. The van der Waals surface area contributed by atoms with Crippen LogP contribution in [0.25, 0.3) is 11.1 Å². The van der Waals surface area contributed by atoms with Crippen molar-refractivity contribution < 1.29 is 24.2 Å². The lowest BCUT2D eigenvalue weighted by Gasteiger charge is -2.22. The summed E-state index contributed by atoms with van der Waals surface area (Å²) < 4.78 is 11.5. The van der Waals surface area contributed by atoms with Gasteiger partial charge in [-0.15, -0.1) is 0 Å². The highest BCUT2D eigenvalue weighted by molar-refractivity contribution is 5.79. The van der Waals surface area contributed by atoms with Crippen molar-refractivity contribution in [2.24, 2.45) is 0 Å². The Morgan fingerprint density at radius 2 is 1.74 bits per heavy atom. The molecular weight excluding hydrogens is 394 g/mol. The number of ether oxygens (including phenoxy) is 2. The van der Waals surface area contributed by atoms with Crippen LogP contribution in [0.4, 0.5) is 4.79 Å². The average molecular weight is 424 g/mol. The van der Waals surface area contributed by atoms with Crippen LogP contribution in [-0.2, 0) is 14.3 Å². The molecule has 164 valence electrons. The Bertz CT molecular complexity index is 898. The Balaban J connectivity index is 1.38. The van der Waals surface area contributed by atoms with Gasteiger partial charge < -0.3 is 19.9 Å². The highest BCUT2D eigenvalue weighted by Gasteiger charge is 2.30. The van der Waals surface area contributed by atoms with Crippen LogP contribution >= 0.6 is 0 Å². The summed E-state index contributed by atoms with van der Waals surface area (Å²) in [6.45, 7) is 2.27. The normalized spacial score (nSPS) is 20.7. The fraction of sp³-hybridized carbons (Fsp3) is 0.440. The molecule has 0 bridgehead atoms. The lowest BCUT2D eigenvalue weighted by Crippen LogP contribution is -2.38. The standard InChI is InChI=1S/C25H29NO5/c1-16-10-12-18(31-16)14-17(11-13-24(27)28)26-25(29)30-15-23-21-8-4-2-6-19(21)20-7-3-5-9-22(20)23/h2-9,16-18,23H,10-15H2,1H3,(H,26,29)(H,27,28). The van der Waals surface area contributed by atoms with Gasteiger partial charge in [-0.05, 0) is 54.9 Å². The molecule has 1 amide bonds. The number of fused-ring (bicyclic) bond motifs is 3.